The lowest BCUT2D eigenvalue weighted by Crippen LogP contribution is -2.21. The van der Waals surface area contributed by atoms with Crippen LogP contribution in [0, 0.1) is 26.7 Å². The summed E-state index contributed by atoms with van der Waals surface area (Å²) < 4.78 is 0. The molecule has 1 aliphatic rings. The first-order chi connectivity index (χ1) is 8.10. The molecule has 1 aromatic rings. The predicted molar refractivity (Wildman–Crippen MR) is 74.5 cm³/mol. The Kier molecular flexibility index (Phi) is 3.88. The number of nitrogens with one attached hydrogen (secondary N) is 1. The van der Waals surface area contributed by atoms with E-state index < -0.39 is 0 Å². The highest BCUT2D eigenvalue weighted by Gasteiger charge is 2.24. The zero-order chi connectivity index (χ0) is 12.4. The Morgan fingerprint density at radius 2 is 1.76 bits per heavy atom. The molecule has 94 valence electrons. The van der Waals surface area contributed by atoms with Gasteiger partial charge in [-0.05, 0) is 76.1 Å². The first-order valence-corrected chi connectivity index (χ1v) is 6.84. The molecule has 1 saturated carbocycles. The molecule has 1 heteroatoms. The van der Waals surface area contributed by atoms with Crippen molar-refractivity contribution < 1.29 is 0 Å². The largest absolute Gasteiger partial charge is 0.317 e. The Labute approximate surface area is 106 Å². The van der Waals surface area contributed by atoms with E-state index in [2.05, 4.69) is 45.3 Å². The lowest BCUT2D eigenvalue weighted by atomic mass is 9.90. The van der Waals surface area contributed by atoms with Crippen LogP contribution in [0.3, 0.4) is 0 Å². The quantitative estimate of drug-likeness (QED) is 0.839. The zero-order valence-electron chi connectivity index (χ0n) is 11.6. The zero-order valence-corrected chi connectivity index (χ0v) is 11.6. The third kappa shape index (κ3) is 2.90. The summed E-state index contributed by atoms with van der Waals surface area (Å²) in [4.78, 5) is 0. The van der Waals surface area contributed by atoms with E-state index in [4.69, 9.17) is 0 Å². The molecular weight excluding hydrogens is 206 g/mol. The molecule has 17 heavy (non-hydrogen) atoms. The highest BCUT2D eigenvalue weighted by molar-refractivity contribution is 5.37. The first-order valence-electron chi connectivity index (χ1n) is 6.84. The molecule has 0 radical (unpaired) electrons. The van der Waals surface area contributed by atoms with Crippen molar-refractivity contribution in [3.05, 3.63) is 34.4 Å². The number of rotatable bonds is 3. The lowest BCUT2D eigenvalue weighted by molar-refractivity contribution is 0.508. The van der Waals surface area contributed by atoms with Gasteiger partial charge in [-0.15, -0.1) is 0 Å². The normalized spacial score (nSPS) is 24.2. The van der Waals surface area contributed by atoms with Crippen LogP contribution in [0.1, 0.15) is 41.5 Å². The molecule has 0 bridgehead atoms. The van der Waals surface area contributed by atoms with Gasteiger partial charge in [-0.1, -0.05) is 17.7 Å². The molecular formula is C16H25N. The van der Waals surface area contributed by atoms with Crippen LogP contribution in [-0.2, 0) is 6.42 Å². The third-order valence-electron chi connectivity index (χ3n) is 4.28. The van der Waals surface area contributed by atoms with E-state index in [9.17, 15) is 0 Å². The van der Waals surface area contributed by atoms with Gasteiger partial charge in [0.25, 0.3) is 0 Å². The number of hydrogen-bond acceptors (Lipinski definition) is 1. The average Bonchev–Trinajstić information content (AvgIpc) is 2.71. The van der Waals surface area contributed by atoms with Crippen LogP contribution < -0.4 is 5.32 Å². The van der Waals surface area contributed by atoms with Crippen molar-refractivity contribution in [3.8, 4) is 0 Å². The summed E-state index contributed by atoms with van der Waals surface area (Å²) in [7, 11) is 2.09. The second kappa shape index (κ2) is 5.22. The Bertz CT molecular complexity index is 372. The van der Waals surface area contributed by atoms with Gasteiger partial charge in [-0.25, -0.2) is 0 Å². The molecule has 0 aliphatic heterocycles. The molecule has 1 aliphatic carbocycles. The van der Waals surface area contributed by atoms with Gasteiger partial charge in [-0.2, -0.15) is 0 Å². The van der Waals surface area contributed by atoms with Crippen LogP contribution in [0.5, 0.6) is 0 Å². The molecule has 0 saturated heterocycles. The van der Waals surface area contributed by atoms with Crippen molar-refractivity contribution in [2.24, 2.45) is 5.92 Å². The smallest absolute Gasteiger partial charge is 0.00669 e. The molecule has 1 fully saturated rings. The molecule has 2 unspecified atom stereocenters. The fourth-order valence-electron chi connectivity index (χ4n) is 3.34. The lowest BCUT2D eigenvalue weighted by Gasteiger charge is -2.16. The number of hydrogen-bond donors (Lipinski definition) is 1. The maximum absolute atomic E-state index is 3.42. The van der Waals surface area contributed by atoms with Crippen molar-refractivity contribution in [3.63, 3.8) is 0 Å². The molecule has 0 heterocycles. The Hall–Kier alpha value is -0.820. The second-order valence-corrected chi connectivity index (χ2v) is 5.75. The van der Waals surface area contributed by atoms with Gasteiger partial charge in [0, 0.05) is 6.04 Å². The van der Waals surface area contributed by atoms with E-state index in [1.165, 1.54) is 42.4 Å². The Morgan fingerprint density at radius 1 is 1.12 bits per heavy atom. The van der Waals surface area contributed by atoms with Crippen molar-refractivity contribution in [1.29, 1.82) is 0 Å². The van der Waals surface area contributed by atoms with Crippen LogP contribution in [-0.4, -0.2) is 13.1 Å². The molecule has 1 nitrogen and oxygen atoms in total. The van der Waals surface area contributed by atoms with E-state index in [0.29, 0.717) is 0 Å². The van der Waals surface area contributed by atoms with Gasteiger partial charge in [0.2, 0.25) is 0 Å². The van der Waals surface area contributed by atoms with Gasteiger partial charge in [0.1, 0.15) is 0 Å². The molecule has 0 spiro atoms. The van der Waals surface area contributed by atoms with Crippen LogP contribution in [0.25, 0.3) is 0 Å². The van der Waals surface area contributed by atoms with Gasteiger partial charge >= 0.3 is 0 Å². The summed E-state index contributed by atoms with van der Waals surface area (Å²) >= 11 is 0. The summed E-state index contributed by atoms with van der Waals surface area (Å²) in [5.74, 6) is 0.882. The number of benzene rings is 1. The van der Waals surface area contributed by atoms with Crippen LogP contribution >= 0.6 is 0 Å². The highest BCUT2D eigenvalue weighted by atomic mass is 14.9. The van der Waals surface area contributed by atoms with E-state index in [1.807, 2.05) is 0 Å². The minimum absolute atomic E-state index is 0.756. The summed E-state index contributed by atoms with van der Waals surface area (Å²) in [6.45, 7) is 6.72. The van der Waals surface area contributed by atoms with Gasteiger partial charge < -0.3 is 5.32 Å². The molecule has 1 N–H and O–H groups in total. The fourth-order valence-corrected chi connectivity index (χ4v) is 3.34. The van der Waals surface area contributed by atoms with Crippen molar-refractivity contribution in [2.45, 2.75) is 52.5 Å². The van der Waals surface area contributed by atoms with Crippen molar-refractivity contribution in [1.82, 2.24) is 5.32 Å². The molecule has 1 aromatic carbocycles. The highest BCUT2D eigenvalue weighted by Crippen LogP contribution is 2.30. The monoisotopic (exact) mass is 231 g/mol. The third-order valence-corrected chi connectivity index (χ3v) is 4.28. The first kappa shape index (κ1) is 12.6. The minimum Gasteiger partial charge on any atom is -0.317 e. The molecule has 0 amide bonds. The number of aryl methyl sites for hydroxylation is 3. The summed E-state index contributed by atoms with van der Waals surface area (Å²) in [6.07, 6.45) is 5.36. The standard InChI is InChI=1S/C16H25N/c1-11-7-12(2)16(13(3)8-11)10-14-5-6-15(9-14)17-4/h7-8,14-15,17H,5-6,9-10H2,1-4H3. The van der Waals surface area contributed by atoms with Crippen LogP contribution in [0.2, 0.25) is 0 Å². The predicted octanol–water partition coefficient (Wildman–Crippen LogP) is 3.54. The van der Waals surface area contributed by atoms with Crippen molar-refractivity contribution >= 4 is 0 Å². The maximum atomic E-state index is 3.42. The Morgan fingerprint density at radius 3 is 2.29 bits per heavy atom. The van der Waals surface area contributed by atoms with Gasteiger partial charge in [0.15, 0.2) is 0 Å². The van der Waals surface area contributed by atoms with Gasteiger partial charge in [0.05, 0.1) is 0 Å². The van der Waals surface area contributed by atoms with E-state index in [1.54, 1.807) is 5.56 Å². The second-order valence-electron chi connectivity index (χ2n) is 5.75. The van der Waals surface area contributed by atoms with Crippen molar-refractivity contribution in [2.75, 3.05) is 7.05 Å². The van der Waals surface area contributed by atoms with Crippen LogP contribution in [0.4, 0.5) is 0 Å². The van der Waals surface area contributed by atoms with E-state index in [0.717, 1.165) is 12.0 Å². The summed E-state index contributed by atoms with van der Waals surface area (Å²) in [6, 6.07) is 5.41. The fraction of sp³-hybridized carbons (Fsp3) is 0.625. The maximum Gasteiger partial charge on any atom is 0.00669 e. The topological polar surface area (TPSA) is 12.0 Å². The molecule has 2 rings (SSSR count). The summed E-state index contributed by atoms with van der Waals surface area (Å²) in [5, 5.41) is 3.42. The minimum atomic E-state index is 0.756. The molecule has 2 atom stereocenters. The SMILES string of the molecule is CNC1CCC(Cc2c(C)cc(C)cc2C)C1. The summed E-state index contributed by atoms with van der Waals surface area (Å²) in [5.41, 5.74) is 5.95. The van der Waals surface area contributed by atoms with E-state index >= 15 is 0 Å². The van der Waals surface area contributed by atoms with E-state index in [-0.39, 0.29) is 0 Å². The molecule has 0 aromatic heterocycles. The Balaban J connectivity index is 2.09. The van der Waals surface area contributed by atoms with Gasteiger partial charge in [-0.3, -0.25) is 0 Å². The average molecular weight is 231 g/mol. The van der Waals surface area contributed by atoms with Crippen LogP contribution in [0.15, 0.2) is 12.1 Å².